The van der Waals surface area contributed by atoms with Crippen LogP contribution in [0.2, 0.25) is 5.02 Å². The second-order valence-electron chi connectivity index (χ2n) is 28.8. The summed E-state index contributed by atoms with van der Waals surface area (Å²) in [7, 11) is 0. The Hall–Kier alpha value is -9.71. The van der Waals surface area contributed by atoms with Crippen LogP contribution >= 0.6 is 27.5 Å². The number of hydrogen-bond acceptors (Lipinski definition) is 2. The lowest BCUT2D eigenvalue weighted by molar-refractivity contribution is 0.590. The molecule has 0 aromatic heterocycles. The fourth-order valence-corrected chi connectivity index (χ4v) is 14.8. The monoisotopic (exact) mass is 1310 g/mol. The molecule has 0 aliphatic carbocycles. The van der Waals surface area contributed by atoms with E-state index >= 15 is 0 Å². The Morgan fingerprint density at radius 1 is 0.274 bits per heavy atom. The van der Waals surface area contributed by atoms with Gasteiger partial charge in [0.1, 0.15) is 0 Å². The summed E-state index contributed by atoms with van der Waals surface area (Å²) in [6, 6.07) is 109. The molecule has 13 aromatic carbocycles. The molecule has 2 heterocycles. The summed E-state index contributed by atoms with van der Waals surface area (Å²) in [5.74, 6) is 0. The molecule has 0 fully saturated rings. The molecule has 0 saturated carbocycles. The molecule has 0 atom stereocenters. The van der Waals surface area contributed by atoms with Crippen molar-refractivity contribution in [1.29, 1.82) is 0 Å². The smallest absolute Gasteiger partial charge is 0.252 e. The zero-order valence-corrected chi connectivity index (χ0v) is 57.8. The minimum Gasteiger partial charge on any atom is -0.310 e. The van der Waals surface area contributed by atoms with Crippen LogP contribution in [0.1, 0.15) is 79.0 Å². The number of anilines is 6. The van der Waals surface area contributed by atoms with Crippen molar-refractivity contribution in [2.45, 2.75) is 78.6 Å². The van der Waals surface area contributed by atoms with Crippen LogP contribution in [-0.2, 0) is 16.2 Å². The first-order valence-corrected chi connectivity index (χ1v) is 34.4. The number of hydrogen-bond donors (Lipinski definition) is 0. The molecule has 2 aliphatic heterocycles. The van der Waals surface area contributed by atoms with E-state index in [1.807, 2.05) is 0 Å². The number of halogens is 2. The summed E-state index contributed by atoms with van der Waals surface area (Å²) in [4.78, 5) is 5.28. The summed E-state index contributed by atoms with van der Waals surface area (Å²) >= 11 is 11.6. The van der Waals surface area contributed by atoms with E-state index in [9.17, 15) is 0 Å². The fourth-order valence-electron chi connectivity index (χ4n) is 14.3. The Morgan fingerprint density at radius 2 is 0.568 bits per heavy atom. The molecule has 2 nitrogen and oxygen atoms in total. The average Bonchev–Trinajstić information content (AvgIpc) is 0.689. The number of fused-ring (bicyclic) bond motifs is 4. The largest absolute Gasteiger partial charge is 0.310 e. The molecule has 0 spiro atoms. The maximum atomic E-state index is 7.51. The molecule has 15 rings (SSSR count). The molecule has 2 aliphatic rings. The zero-order valence-electron chi connectivity index (χ0n) is 55.4. The van der Waals surface area contributed by atoms with E-state index in [-0.39, 0.29) is 23.0 Å². The third-order valence-electron chi connectivity index (χ3n) is 19.4. The van der Waals surface area contributed by atoms with E-state index in [1.54, 1.807) is 0 Å². The van der Waals surface area contributed by atoms with Crippen LogP contribution < -0.4 is 26.2 Å². The van der Waals surface area contributed by atoms with Gasteiger partial charge in [-0.15, -0.1) is 0 Å². The highest BCUT2D eigenvalue weighted by molar-refractivity contribution is 9.10. The molecule has 0 amide bonds. The van der Waals surface area contributed by atoms with Crippen molar-refractivity contribution in [2.75, 3.05) is 9.80 Å². The van der Waals surface area contributed by atoms with Crippen LogP contribution in [0.25, 0.3) is 89.0 Å². The first-order chi connectivity index (χ1) is 45.8. The molecular formula is C90H75BBrClN2. The first-order valence-electron chi connectivity index (χ1n) is 33.2. The van der Waals surface area contributed by atoms with Gasteiger partial charge in [-0.2, -0.15) is 0 Å². The molecule has 0 unspecified atom stereocenters. The number of rotatable bonds is 10. The highest BCUT2D eigenvalue weighted by Crippen LogP contribution is 2.56. The minimum absolute atomic E-state index is 0.188. The topological polar surface area (TPSA) is 6.48 Å². The maximum absolute atomic E-state index is 7.51. The van der Waals surface area contributed by atoms with Crippen molar-refractivity contribution in [3.05, 3.63) is 317 Å². The van der Waals surface area contributed by atoms with Crippen LogP contribution in [0.3, 0.4) is 0 Å². The number of benzene rings is 13. The average molecular weight is 1310 g/mol. The van der Waals surface area contributed by atoms with Gasteiger partial charge in [-0.3, -0.25) is 0 Å². The third-order valence-corrected chi connectivity index (χ3v) is 20.1. The predicted octanol–water partition coefficient (Wildman–Crippen LogP) is 24.4. The second-order valence-corrected chi connectivity index (χ2v) is 30.2. The molecule has 95 heavy (non-hydrogen) atoms. The van der Waals surface area contributed by atoms with Crippen molar-refractivity contribution in [3.63, 3.8) is 0 Å². The van der Waals surface area contributed by atoms with Gasteiger partial charge in [-0.25, -0.2) is 0 Å². The van der Waals surface area contributed by atoms with Crippen LogP contribution in [0.4, 0.5) is 34.1 Å². The Kier molecular flexibility index (Phi) is 15.7. The van der Waals surface area contributed by atoms with Gasteiger partial charge in [0.05, 0.1) is 11.4 Å². The van der Waals surface area contributed by atoms with E-state index < -0.39 is 0 Å². The lowest BCUT2D eigenvalue weighted by atomic mass is 9.33. The van der Waals surface area contributed by atoms with E-state index in [2.05, 4.69) is 379 Å². The Balaban J connectivity index is 1.05. The van der Waals surface area contributed by atoms with E-state index in [0.717, 1.165) is 99.8 Å². The van der Waals surface area contributed by atoms with Gasteiger partial charge in [0.25, 0.3) is 6.71 Å². The molecular weight excluding hydrogens is 1240 g/mol. The Morgan fingerprint density at radius 3 is 0.947 bits per heavy atom. The van der Waals surface area contributed by atoms with E-state index in [0.29, 0.717) is 5.02 Å². The van der Waals surface area contributed by atoms with Gasteiger partial charge < -0.3 is 9.80 Å². The molecule has 13 aromatic rings. The maximum Gasteiger partial charge on any atom is 0.252 e. The SMILES string of the molecule is CC(C)(C)c1cc(-c2ccccc2)c(N2c3cc(Cl)ccc3B3c4ccc(Br)cc4N(c4c(-c5ccccc5)cc(C(C)(C)C)cc4-c4cccc(-c5cccc(-c6ccccc6)c5)c4)c4cc(C(C)(C)C)cc2c43)c(-c2cccc(-c3cccc(-c4ccccc4)c3)c2)c1. The molecule has 5 heteroatoms. The van der Waals surface area contributed by atoms with Gasteiger partial charge >= 0.3 is 0 Å². The second kappa shape index (κ2) is 24.3. The summed E-state index contributed by atoms with van der Waals surface area (Å²) in [6.45, 7) is 21.0. The first kappa shape index (κ1) is 61.5. The van der Waals surface area contributed by atoms with E-state index in [1.165, 1.54) is 60.9 Å². The summed E-state index contributed by atoms with van der Waals surface area (Å²) < 4.78 is 1.00. The van der Waals surface area contributed by atoms with Gasteiger partial charge in [0, 0.05) is 54.5 Å². The van der Waals surface area contributed by atoms with Crippen LogP contribution in [0, 0.1) is 0 Å². The molecule has 0 N–H and O–H groups in total. The van der Waals surface area contributed by atoms with Crippen molar-refractivity contribution in [1.82, 2.24) is 0 Å². The summed E-state index contributed by atoms with van der Waals surface area (Å²) in [6.07, 6.45) is 0. The standard InChI is InChI=1S/C90H75BBrClN2/c1-88(2,3)70-50-75(60-30-18-12-19-31-60)86(77(52-70)68-40-24-38-66(48-68)64-36-22-34-62(46-64)58-26-14-10-15-27-58)94-81-56-73(92)42-44-79(81)91-80-45-43-74(93)57-82(80)95(84-55-72(90(7,8)9)54-83(94)85(84)91)87-76(61-32-20-13-21-33-61)51-71(89(4,5)6)53-78(87)69-41-25-39-67(49-69)65-37-23-35-63(47-65)59-28-16-11-17-29-59/h10-57H,1-9H3. The van der Waals surface area contributed by atoms with Gasteiger partial charge in [0.2, 0.25) is 0 Å². The summed E-state index contributed by atoms with van der Waals surface area (Å²) in [5.41, 5.74) is 31.8. The van der Waals surface area contributed by atoms with Gasteiger partial charge in [0.15, 0.2) is 0 Å². The van der Waals surface area contributed by atoms with Gasteiger partial charge in [-0.1, -0.05) is 296 Å². The fraction of sp³-hybridized carbons (Fsp3) is 0.133. The Labute approximate surface area is 575 Å². The third kappa shape index (κ3) is 11.6. The van der Waals surface area contributed by atoms with Crippen LogP contribution in [0.15, 0.2) is 296 Å². The van der Waals surface area contributed by atoms with Crippen molar-refractivity contribution < 1.29 is 0 Å². The van der Waals surface area contributed by atoms with Crippen molar-refractivity contribution in [3.8, 4) is 89.0 Å². The number of nitrogens with zero attached hydrogens (tertiary/aromatic N) is 2. The highest BCUT2D eigenvalue weighted by atomic mass is 79.9. The summed E-state index contributed by atoms with van der Waals surface area (Å²) in [5, 5.41) is 0.678. The normalized spacial score (nSPS) is 12.7. The van der Waals surface area contributed by atoms with Crippen LogP contribution in [-0.4, -0.2) is 6.71 Å². The predicted molar refractivity (Wildman–Crippen MR) is 413 cm³/mol. The molecule has 0 bridgehead atoms. The van der Waals surface area contributed by atoms with E-state index in [4.69, 9.17) is 11.6 Å². The zero-order chi connectivity index (χ0) is 65.5. The molecule has 462 valence electrons. The quantitative estimate of drug-likeness (QED) is 0.126. The lowest BCUT2D eigenvalue weighted by Gasteiger charge is -2.46. The van der Waals surface area contributed by atoms with Crippen molar-refractivity contribution >= 4 is 84.8 Å². The highest BCUT2D eigenvalue weighted by Gasteiger charge is 2.46. The lowest BCUT2D eigenvalue weighted by Crippen LogP contribution is -2.61. The van der Waals surface area contributed by atoms with Gasteiger partial charge in [-0.05, 0) is 201 Å². The molecule has 0 radical (unpaired) electrons. The minimum atomic E-state index is -0.307. The Bertz CT molecular complexity index is 4790. The molecule has 0 saturated heterocycles. The van der Waals surface area contributed by atoms with Crippen molar-refractivity contribution in [2.24, 2.45) is 0 Å². The van der Waals surface area contributed by atoms with Crippen LogP contribution in [0.5, 0.6) is 0 Å².